The quantitative estimate of drug-likeness (QED) is 0.222. The van der Waals surface area contributed by atoms with E-state index in [1.807, 2.05) is 25.1 Å². The van der Waals surface area contributed by atoms with E-state index in [4.69, 9.17) is 10.5 Å². The van der Waals surface area contributed by atoms with Crippen LogP contribution in [0.3, 0.4) is 0 Å². The summed E-state index contributed by atoms with van der Waals surface area (Å²) < 4.78 is 5.71. The molecule has 0 aliphatic heterocycles. The Bertz CT molecular complexity index is 1320. The monoisotopic (exact) mass is 552 g/mol. The number of carbonyl (C=O) groups is 2. The summed E-state index contributed by atoms with van der Waals surface area (Å²) in [6.45, 7) is 3.60. The van der Waals surface area contributed by atoms with E-state index in [-0.39, 0.29) is 28.8 Å². The first-order chi connectivity index (χ1) is 18.8. The number of nitrogens with two attached hydrogens (primary N) is 1. The molecule has 3 aliphatic carbocycles. The number of primary amides is 1. The molecule has 4 rings (SSSR count). The molecule has 0 heterocycles. The number of unbranched alkanes of at least 4 members (excludes halogenated alkanes) is 1. The molecule has 1 amide bonds. The predicted molar refractivity (Wildman–Crippen MR) is 157 cm³/mol. The van der Waals surface area contributed by atoms with Gasteiger partial charge in [0, 0.05) is 0 Å². The number of ketones is 1. The summed E-state index contributed by atoms with van der Waals surface area (Å²) in [6.07, 6.45) is 2.80. The molecule has 4 atom stereocenters. The molecule has 1 aromatic rings. The van der Waals surface area contributed by atoms with Gasteiger partial charge in [-0.25, -0.2) is 0 Å². The van der Waals surface area contributed by atoms with Crippen LogP contribution in [0, 0.1) is 11.8 Å². The van der Waals surface area contributed by atoms with Gasteiger partial charge in [-0.3, -0.25) is 0 Å². The van der Waals surface area contributed by atoms with E-state index < -0.39 is 40.9 Å². The number of fused-ring (bicyclic) bond motifs is 3. The van der Waals surface area contributed by atoms with Crippen molar-refractivity contribution in [2.24, 2.45) is 17.6 Å². The minimum atomic E-state index is -2.16. The van der Waals surface area contributed by atoms with Crippen molar-refractivity contribution in [2.45, 2.75) is 50.8 Å². The molecular formula is C29H41BN4O6. The molecule has 0 saturated heterocycles. The maximum absolute atomic E-state index is 14.2. The van der Waals surface area contributed by atoms with Gasteiger partial charge in [-0.05, 0) is 6.42 Å². The van der Waals surface area contributed by atoms with Crippen molar-refractivity contribution < 1.29 is 29.6 Å². The number of methoxy groups -OCH3 is 1. The zero-order valence-electron chi connectivity index (χ0n) is 24.3. The Kier molecular flexibility index (Phi) is 8.22. The van der Waals surface area contributed by atoms with Crippen LogP contribution in [0.15, 0.2) is 28.7 Å². The van der Waals surface area contributed by atoms with E-state index in [1.165, 1.54) is 7.11 Å². The van der Waals surface area contributed by atoms with Gasteiger partial charge in [0.25, 0.3) is 0 Å². The van der Waals surface area contributed by atoms with Crippen molar-refractivity contribution in [1.29, 1.82) is 0 Å². The molecule has 0 saturated carbocycles. The number of likely N-dealkylation sites (N-methyl/N-ethyl adjacent to an activating group) is 1. The summed E-state index contributed by atoms with van der Waals surface area (Å²) in [5.74, 6) is -3.10. The first kappa shape index (κ1) is 29.8. The van der Waals surface area contributed by atoms with Crippen LogP contribution >= 0.6 is 0 Å². The fourth-order valence-electron chi connectivity index (χ4n) is 6.90. The summed E-state index contributed by atoms with van der Waals surface area (Å²) in [4.78, 5) is 30.2. The number of carbonyl (C=O) groups excluding carboxylic acids is 2. The molecule has 3 aliphatic rings. The van der Waals surface area contributed by atoms with Gasteiger partial charge < -0.3 is 0 Å². The molecule has 0 fully saturated rings. The van der Waals surface area contributed by atoms with Gasteiger partial charge in [0.2, 0.25) is 0 Å². The van der Waals surface area contributed by atoms with Crippen LogP contribution < -0.4 is 20.7 Å². The Morgan fingerprint density at radius 2 is 1.95 bits per heavy atom. The number of ether oxygens (including phenoxy) is 1. The van der Waals surface area contributed by atoms with Gasteiger partial charge >= 0.3 is 217 Å². The van der Waals surface area contributed by atoms with Crippen LogP contribution in [-0.2, 0) is 17.8 Å². The van der Waals surface area contributed by atoms with Crippen molar-refractivity contribution in [3.8, 4) is 5.75 Å². The number of nitrogens with one attached hydrogen (secondary N) is 1. The zero-order valence-corrected chi connectivity index (χ0v) is 24.3. The molecule has 216 valence electrons. The van der Waals surface area contributed by atoms with Crippen LogP contribution in [0.4, 0.5) is 5.69 Å². The second-order valence-corrected chi connectivity index (χ2v) is 11.5. The van der Waals surface area contributed by atoms with Gasteiger partial charge in [-0.2, -0.15) is 0 Å². The van der Waals surface area contributed by atoms with E-state index in [0.29, 0.717) is 24.3 Å². The Morgan fingerprint density at radius 1 is 1.27 bits per heavy atom. The Hall–Kier alpha value is -3.15. The fraction of sp³-hybridized carbons (Fsp3) is 0.552. The van der Waals surface area contributed by atoms with Crippen LogP contribution in [0.5, 0.6) is 5.75 Å². The van der Waals surface area contributed by atoms with Crippen LogP contribution in [0.25, 0.3) is 0 Å². The molecule has 0 aromatic heterocycles. The fourth-order valence-corrected chi connectivity index (χ4v) is 6.90. The van der Waals surface area contributed by atoms with E-state index in [0.717, 1.165) is 36.2 Å². The number of anilines is 1. The topological polar surface area (TPSA) is 149 Å². The number of nitrogens with zero attached hydrogens (tertiary/aromatic N) is 2. The standard InChI is InChI=1S/C29H41BN4O6/c1-7-8-9-32-13-15-12-18(40-6)20-16(22(15)33(2)3)10-14-11-17-23(34(4)5)25(36)21(28(31)38)26(30)29(17,39)27(37)19(14)24(20)35/h12,14,17,23,30,32,36-37,39H,7-11,13H2,1-6H3,(H2,31,38)/t14-,17-,23-,29+/m0/s1. The van der Waals surface area contributed by atoms with Crippen LogP contribution in [0.2, 0.25) is 0 Å². The van der Waals surface area contributed by atoms with E-state index >= 15 is 0 Å². The average Bonchev–Trinajstić information content (AvgIpc) is 2.87. The van der Waals surface area contributed by atoms with Gasteiger partial charge in [-0.15, -0.1) is 0 Å². The molecule has 0 spiro atoms. The second kappa shape index (κ2) is 11.0. The third-order valence-electron chi connectivity index (χ3n) is 8.64. The molecule has 6 N–H and O–H groups in total. The Balaban J connectivity index is 1.92. The number of hydrogen-bond donors (Lipinski definition) is 5. The van der Waals surface area contributed by atoms with Crippen LogP contribution in [0.1, 0.15) is 47.7 Å². The minimum absolute atomic E-state index is 0.0759. The number of Topliss-reactive ketones (excluding diaryl/α,β-unsaturated/α-hetero) is 1. The van der Waals surface area contributed by atoms with Gasteiger partial charge in [0.1, 0.15) is 0 Å². The average molecular weight is 552 g/mol. The SMILES string of the molecule is B=C1C(C(N)=O)=C(O)[C@@H](N(C)C)[C@@H]2C[C@@H]3Cc4c(c(OC)cc(CNCCCC)c4N(C)C)C(=O)C3=C(O)[C@]12O. The Labute approximate surface area is 236 Å². The molecule has 11 heteroatoms. The van der Waals surface area contributed by atoms with Gasteiger partial charge in [-0.1, -0.05) is 13.3 Å². The molecule has 10 nitrogen and oxygen atoms in total. The molecular weight excluding hydrogens is 511 g/mol. The third kappa shape index (κ3) is 4.44. The van der Waals surface area contributed by atoms with E-state index in [1.54, 1.807) is 19.0 Å². The predicted octanol–water partition coefficient (Wildman–Crippen LogP) is 0.883. The molecule has 40 heavy (non-hydrogen) atoms. The normalized spacial score (nSPS) is 26.0. The summed E-state index contributed by atoms with van der Waals surface area (Å²) >= 11 is 0. The number of amides is 1. The van der Waals surface area contributed by atoms with Crippen molar-refractivity contribution in [1.82, 2.24) is 10.2 Å². The van der Waals surface area contributed by atoms with E-state index in [2.05, 4.69) is 19.7 Å². The summed E-state index contributed by atoms with van der Waals surface area (Å²) in [6, 6.07) is 1.02. The number of allylic oxidation sites excluding steroid dienone is 1. The third-order valence-corrected chi connectivity index (χ3v) is 8.64. The zero-order chi connectivity index (χ0) is 29.7. The van der Waals surface area contributed by atoms with Crippen LogP contribution in [-0.4, -0.2) is 98.3 Å². The summed E-state index contributed by atoms with van der Waals surface area (Å²) in [5, 5.41) is 38.3. The second-order valence-electron chi connectivity index (χ2n) is 11.5. The van der Waals surface area contributed by atoms with E-state index in [9.17, 15) is 24.9 Å². The first-order valence-electron chi connectivity index (χ1n) is 13.7. The van der Waals surface area contributed by atoms with Crippen molar-refractivity contribution in [2.75, 3.05) is 46.7 Å². The maximum atomic E-state index is 14.2. The van der Waals surface area contributed by atoms with Crippen molar-refractivity contribution in [3.63, 3.8) is 0 Å². The van der Waals surface area contributed by atoms with Gasteiger partial charge in [0.05, 0.1) is 0 Å². The molecule has 0 unspecified atom stereocenters. The summed E-state index contributed by atoms with van der Waals surface area (Å²) in [5.41, 5.74) is 6.03. The number of aliphatic hydroxyl groups excluding tert-OH is 2. The number of benzene rings is 1. The van der Waals surface area contributed by atoms with Crippen molar-refractivity contribution in [3.05, 3.63) is 45.4 Å². The summed E-state index contributed by atoms with van der Waals surface area (Å²) in [7, 11) is 12.7. The Morgan fingerprint density at radius 3 is 2.50 bits per heavy atom. The molecule has 1 aromatic carbocycles. The number of aliphatic hydroxyl groups is 3. The number of hydrogen-bond acceptors (Lipinski definition) is 9. The first-order valence-corrected chi connectivity index (χ1v) is 13.7. The van der Waals surface area contributed by atoms with Gasteiger partial charge in [0.15, 0.2) is 0 Å². The number of rotatable bonds is 9. The molecule has 0 bridgehead atoms. The van der Waals surface area contributed by atoms with Crippen molar-refractivity contribution >= 4 is 30.3 Å². The molecule has 0 radical (unpaired) electrons.